The predicted molar refractivity (Wildman–Crippen MR) is 119 cm³/mol. The standard InChI is InChI=1S/C22H19N3O5S/c1-28-16-10-14(11-17(29-2)19(16)30-3)23-20-18(31-22(27)25-20)9-13-8-12-6-4-5-7-15(12)24-21(13)26/h4-11,23H,1-3H3,(H,25,27)/b13-9-. The molecule has 2 N–H and O–H groups in total. The molecule has 4 rings (SSSR count). The van der Waals surface area contributed by atoms with Crippen LogP contribution in [0.15, 0.2) is 51.8 Å². The van der Waals surface area contributed by atoms with Gasteiger partial charge in [0.15, 0.2) is 11.5 Å². The molecular formula is C22H19N3O5S. The molecular weight excluding hydrogens is 418 g/mol. The van der Waals surface area contributed by atoms with Crippen molar-refractivity contribution in [3.05, 3.63) is 67.1 Å². The first-order valence-corrected chi connectivity index (χ1v) is 10.1. The van der Waals surface area contributed by atoms with E-state index in [-0.39, 0.29) is 10.8 Å². The molecule has 2 heterocycles. The van der Waals surface area contributed by atoms with Gasteiger partial charge in [-0.25, -0.2) is 4.99 Å². The summed E-state index contributed by atoms with van der Waals surface area (Å²) in [7, 11) is 4.57. The van der Waals surface area contributed by atoms with Gasteiger partial charge in [0, 0.05) is 28.6 Å². The van der Waals surface area contributed by atoms with Gasteiger partial charge in [-0.05, 0) is 18.2 Å². The van der Waals surface area contributed by atoms with Crippen molar-refractivity contribution in [2.24, 2.45) is 4.99 Å². The zero-order valence-electron chi connectivity index (χ0n) is 17.0. The minimum absolute atomic E-state index is 0.262. The van der Waals surface area contributed by atoms with Crippen LogP contribution < -0.4 is 35.0 Å². The number of H-pyrrole nitrogens is 1. The summed E-state index contributed by atoms with van der Waals surface area (Å²) in [5.74, 6) is 1.47. The van der Waals surface area contributed by atoms with Gasteiger partial charge in [-0.15, -0.1) is 0 Å². The Kier molecular flexibility index (Phi) is 5.59. The highest BCUT2D eigenvalue weighted by molar-refractivity contribution is 7.10. The minimum atomic E-state index is -0.363. The van der Waals surface area contributed by atoms with Crippen LogP contribution >= 0.6 is 11.3 Å². The lowest BCUT2D eigenvalue weighted by Crippen LogP contribution is -2.29. The van der Waals surface area contributed by atoms with E-state index in [2.05, 4.69) is 15.3 Å². The normalized spacial score (nSPS) is 13.8. The topological polar surface area (TPSA) is 102 Å². The van der Waals surface area contributed by atoms with Gasteiger partial charge in [0.1, 0.15) is 5.82 Å². The lowest BCUT2D eigenvalue weighted by atomic mass is 10.1. The number of nitrogens with one attached hydrogen (secondary N) is 2. The molecule has 1 aliphatic heterocycles. The Morgan fingerprint density at radius 1 is 1.03 bits per heavy atom. The Labute approximate surface area is 181 Å². The van der Waals surface area contributed by atoms with E-state index >= 15 is 0 Å². The van der Waals surface area contributed by atoms with Gasteiger partial charge >= 0.3 is 4.87 Å². The summed E-state index contributed by atoms with van der Waals surface area (Å²) in [6.45, 7) is 0. The molecule has 0 bridgehead atoms. The molecule has 1 aliphatic rings. The second kappa shape index (κ2) is 8.49. The number of hydrogen-bond acceptors (Lipinski definition) is 7. The van der Waals surface area contributed by atoms with Gasteiger partial charge in [-0.3, -0.25) is 14.6 Å². The van der Waals surface area contributed by atoms with Crippen molar-refractivity contribution in [2.75, 3.05) is 26.6 Å². The molecule has 0 aliphatic carbocycles. The molecule has 3 aromatic rings. The molecule has 0 unspecified atom stereocenters. The fourth-order valence-corrected chi connectivity index (χ4v) is 3.93. The van der Waals surface area contributed by atoms with Crippen molar-refractivity contribution in [1.29, 1.82) is 0 Å². The van der Waals surface area contributed by atoms with E-state index < -0.39 is 0 Å². The van der Waals surface area contributed by atoms with Crippen LogP contribution in [0.1, 0.15) is 4.88 Å². The van der Waals surface area contributed by atoms with Crippen LogP contribution in [0.3, 0.4) is 0 Å². The van der Waals surface area contributed by atoms with Crippen LogP contribution in [0.2, 0.25) is 0 Å². The highest BCUT2D eigenvalue weighted by Crippen LogP contribution is 2.40. The van der Waals surface area contributed by atoms with Gasteiger partial charge in [0.05, 0.1) is 31.6 Å². The summed E-state index contributed by atoms with van der Waals surface area (Å²) in [5, 5.41) is 4.63. The number of para-hydroxylation sites is 1. The Hall–Kier alpha value is -3.85. The van der Waals surface area contributed by atoms with Gasteiger partial charge in [-0.2, -0.15) is 0 Å². The first-order chi connectivity index (χ1) is 15.0. The highest BCUT2D eigenvalue weighted by atomic mass is 32.1. The number of carbonyl (C=O) groups is 1. The van der Waals surface area contributed by atoms with E-state index in [1.807, 2.05) is 18.2 Å². The van der Waals surface area contributed by atoms with Gasteiger partial charge in [-0.1, -0.05) is 29.5 Å². The maximum Gasteiger partial charge on any atom is 0.306 e. The van der Waals surface area contributed by atoms with E-state index in [9.17, 15) is 9.59 Å². The van der Waals surface area contributed by atoms with Gasteiger partial charge in [0.2, 0.25) is 5.75 Å². The Bertz CT molecular complexity index is 1350. The van der Waals surface area contributed by atoms with Crippen molar-refractivity contribution in [3.63, 3.8) is 0 Å². The maximum absolute atomic E-state index is 12.5. The molecule has 0 spiro atoms. The fraction of sp³-hybridized carbons (Fsp3) is 0.136. The molecule has 31 heavy (non-hydrogen) atoms. The van der Waals surface area contributed by atoms with Gasteiger partial charge in [0.25, 0.3) is 5.91 Å². The third kappa shape index (κ3) is 4.08. The molecule has 0 saturated carbocycles. The van der Waals surface area contributed by atoms with Crippen molar-refractivity contribution < 1.29 is 19.0 Å². The lowest BCUT2D eigenvalue weighted by molar-refractivity contribution is -0.114. The van der Waals surface area contributed by atoms with Crippen molar-refractivity contribution in [2.45, 2.75) is 0 Å². The summed E-state index contributed by atoms with van der Waals surface area (Å²) in [6, 6.07) is 10.8. The number of thiazole rings is 1. The SMILES string of the molecule is COc1cc(Nc2[nH]c(=O)sc2/C=C2/C=c3ccccc3=NC2=O)cc(OC)c1OC. The number of fused-ring (bicyclic) bond motifs is 1. The zero-order valence-corrected chi connectivity index (χ0v) is 17.8. The number of ether oxygens (including phenoxy) is 3. The van der Waals surface area contributed by atoms with Crippen LogP contribution in [-0.2, 0) is 4.79 Å². The average Bonchev–Trinajstić information content (AvgIpc) is 3.11. The number of hydrogen-bond donors (Lipinski definition) is 2. The third-order valence-electron chi connectivity index (χ3n) is 4.61. The summed E-state index contributed by atoms with van der Waals surface area (Å²) in [6.07, 6.45) is 3.41. The number of benzene rings is 2. The number of methoxy groups -OCH3 is 3. The molecule has 1 aromatic heterocycles. The van der Waals surface area contributed by atoms with Crippen LogP contribution in [-0.4, -0.2) is 32.2 Å². The monoisotopic (exact) mass is 437 g/mol. The smallest absolute Gasteiger partial charge is 0.306 e. The lowest BCUT2D eigenvalue weighted by Gasteiger charge is -2.15. The number of anilines is 2. The van der Waals surface area contributed by atoms with Crippen LogP contribution in [0, 0.1) is 0 Å². The number of carbonyl (C=O) groups excluding carboxylic acids is 1. The minimum Gasteiger partial charge on any atom is -0.493 e. The molecule has 9 heteroatoms. The molecule has 0 saturated heterocycles. The molecule has 158 valence electrons. The largest absolute Gasteiger partial charge is 0.493 e. The number of aromatic amines is 1. The third-order valence-corrected chi connectivity index (χ3v) is 5.44. The summed E-state index contributed by atoms with van der Waals surface area (Å²) >= 11 is 0.987. The zero-order chi connectivity index (χ0) is 22.0. The first-order valence-electron chi connectivity index (χ1n) is 9.24. The Morgan fingerprint density at radius 2 is 1.74 bits per heavy atom. The average molecular weight is 437 g/mol. The number of aromatic nitrogens is 1. The summed E-state index contributed by atoms with van der Waals surface area (Å²) in [4.78, 5) is 31.7. The number of amides is 1. The summed E-state index contributed by atoms with van der Waals surface area (Å²) < 4.78 is 16.1. The highest BCUT2D eigenvalue weighted by Gasteiger charge is 2.16. The quantitative estimate of drug-likeness (QED) is 0.574. The van der Waals surface area contributed by atoms with Crippen molar-refractivity contribution in [3.8, 4) is 17.2 Å². The van der Waals surface area contributed by atoms with Gasteiger partial charge < -0.3 is 19.5 Å². The Morgan fingerprint density at radius 3 is 2.42 bits per heavy atom. The molecule has 1 amide bonds. The molecule has 0 fully saturated rings. The Balaban J connectivity index is 1.74. The molecule has 2 aromatic carbocycles. The van der Waals surface area contributed by atoms with Crippen molar-refractivity contribution >= 4 is 40.9 Å². The molecule has 0 radical (unpaired) electrons. The van der Waals surface area contributed by atoms with E-state index in [1.165, 1.54) is 21.3 Å². The van der Waals surface area contributed by atoms with Crippen LogP contribution in [0.4, 0.5) is 11.5 Å². The van der Waals surface area contributed by atoms with Crippen LogP contribution in [0.25, 0.3) is 12.2 Å². The van der Waals surface area contributed by atoms with E-state index in [4.69, 9.17) is 14.2 Å². The number of nitrogens with zero attached hydrogens (tertiary/aromatic N) is 1. The number of rotatable bonds is 6. The maximum atomic E-state index is 12.5. The fourth-order valence-electron chi connectivity index (χ4n) is 3.19. The van der Waals surface area contributed by atoms with Crippen LogP contribution in [0.5, 0.6) is 17.2 Å². The second-order valence-electron chi connectivity index (χ2n) is 6.51. The predicted octanol–water partition coefficient (Wildman–Crippen LogP) is 2.23. The molecule has 8 nitrogen and oxygen atoms in total. The first kappa shape index (κ1) is 20.4. The van der Waals surface area contributed by atoms with Crippen molar-refractivity contribution in [1.82, 2.24) is 4.98 Å². The summed E-state index contributed by atoms with van der Waals surface area (Å²) in [5.41, 5.74) is 0.999. The van der Waals surface area contributed by atoms with E-state index in [0.717, 1.165) is 16.6 Å². The van der Waals surface area contributed by atoms with E-state index in [0.29, 0.717) is 44.6 Å². The second-order valence-corrected chi connectivity index (χ2v) is 7.53. The van der Waals surface area contributed by atoms with E-state index in [1.54, 1.807) is 30.4 Å². The molecule has 0 atom stereocenters.